The first-order valence-corrected chi connectivity index (χ1v) is 11.2. The molecule has 2 saturated heterocycles. The number of hydrogen-bond donors (Lipinski definition) is 3. The number of amides is 2. The standard InChI is InChI=1S/C16H26N6O.C6H10N2O/c1-10-7-20-6-4-5-12(20)8-21(10)16(23)22-9-13-14(11(22)2)18-19-15(13)17-3;1-5(8-2)3-6(7)4-9/h10-12H,4-9H2,1-3H3,(H2,17,18,19);3-4H,7H2,1-2H3/b;6-3-,8-5?. The van der Waals surface area contributed by atoms with Gasteiger partial charge in [-0.15, -0.1) is 0 Å². The largest absolute Gasteiger partial charge is 0.396 e. The molecule has 4 heterocycles. The highest BCUT2D eigenvalue weighted by atomic mass is 16.2. The maximum absolute atomic E-state index is 13.2. The van der Waals surface area contributed by atoms with Gasteiger partial charge in [0.05, 0.1) is 24.0 Å². The zero-order chi connectivity index (χ0) is 23.4. The van der Waals surface area contributed by atoms with E-state index < -0.39 is 0 Å². The predicted octanol–water partition coefficient (Wildman–Crippen LogP) is 1.74. The van der Waals surface area contributed by atoms with Gasteiger partial charge in [0.2, 0.25) is 0 Å². The van der Waals surface area contributed by atoms with Gasteiger partial charge in [-0.2, -0.15) is 5.10 Å². The van der Waals surface area contributed by atoms with Crippen LogP contribution in [-0.2, 0) is 11.3 Å². The van der Waals surface area contributed by atoms with E-state index in [0.717, 1.165) is 35.9 Å². The third-order valence-corrected chi connectivity index (χ3v) is 6.64. The summed E-state index contributed by atoms with van der Waals surface area (Å²) in [5.74, 6) is 0.857. The van der Waals surface area contributed by atoms with Crippen molar-refractivity contribution in [3.05, 3.63) is 23.0 Å². The SMILES string of the molecule is CN=C(C)/C=C(\N)C=O.CNc1n[nH]c2c1CN(C(=O)N1CC3CCCN3CC1C)C2C. The monoisotopic (exact) mass is 444 g/mol. The van der Waals surface area contributed by atoms with Crippen LogP contribution in [0.4, 0.5) is 10.6 Å². The van der Waals surface area contributed by atoms with E-state index in [4.69, 9.17) is 5.73 Å². The van der Waals surface area contributed by atoms with Crippen molar-refractivity contribution in [3.8, 4) is 0 Å². The molecular weight excluding hydrogens is 408 g/mol. The molecular formula is C22H36N8O2. The molecule has 176 valence electrons. The Morgan fingerprint density at radius 2 is 2.06 bits per heavy atom. The van der Waals surface area contributed by atoms with Crippen LogP contribution in [0.2, 0.25) is 0 Å². The van der Waals surface area contributed by atoms with Gasteiger partial charge in [0, 0.05) is 50.5 Å². The highest BCUT2D eigenvalue weighted by Gasteiger charge is 2.41. The topological polar surface area (TPSA) is 123 Å². The Hall–Kier alpha value is -2.88. The second kappa shape index (κ2) is 10.2. The number of rotatable bonds is 3. The molecule has 0 aliphatic carbocycles. The number of nitrogens with one attached hydrogen (secondary N) is 2. The quantitative estimate of drug-likeness (QED) is 0.371. The lowest BCUT2D eigenvalue weighted by Crippen LogP contribution is -2.59. The van der Waals surface area contributed by atoms with Crippen LogP contribution in [0.25, 0.3) is 0 Å². The van der Waals surface area contributed by atoms with Crippen molar-refractivity contribution in [1.82, 2.24) is 24.9 Å². The number of H-pyrrole nitrogens is 1. The number of carbonyl (C=O) groups excluding carboxylic acids is 2. The number of nitrogens with zero attached hydrogens (tertiary/aromatic N) is 5. The molecule has 2 fully saturated rings. The summed E-state index contributed by atoms with van der Waals surface area (Å²) >= 11 is 0. The normalized spacial score (nSPS) is 25.7. The summed E-state index contributed by atoms with van der Waals surface area (Å²) in [6.45, 7) is 9.74. The molecule has 32 heavy (non-hydrogen) atoms. The van der Waals surface area contributed by atoms with E-state index in [9.17, 15) is 9.59 Å². The molecule has 1 aromatic rings. The smallest absolute Gasteiger partial charge is 0.321 e. The Labute approximate surface area is 189 Å². The Balaban J connectivity index is 0.000000275. The zero-order valence-corrected chi connectivity index (χ0v) is 19.8. The van der Waals surface area contributed by atoms with Crippen molar-refractivity contribution in [2.75, 3.05) is 39.0 Å². The molecule has 4 rings (SSSR count). The fraction of sp³-hybridized carbons (Fsp3) is 0.636. The summed E-state index contributed by atoms with van der Waals surface area (Å²) in [7, 11) is 3.51. The van der Waals surface area contributed by atoms with Gasteiger partial charge >= 0.3 is 6.03 Å². The van der Waals surface area contributed by atoms with Gasteiger partial charge in [-0.05, 0) is 46.2 Å². The molecule has 0 radical (unpaired) electrons. The minimum Gasteiger partial charge on any atom is -0.396 e. The zero-order valence-electron chi connectivity index (χ0n) is 19.8. The average molecular weight is 445 g/mol. The van der Waals surface area contributed by atoms with Crippen LogP contribution in [-0.4, -0.2) is 88.7 Å². The molecule has 3 aliphatic heterocycles. The van der Waals surface area contributed by atoms with Crippen molar-refractivity contribution >= 4 is 23.8 Å². The van der Waals surface area contributed by atoms with E-state index in [0.29, 0.717) is 18.9 Å². The Kier molecular flexibility index (Phi) is 7.55. The number of urea groups is 1. The lowest BCUT2D eigenvalue weighted by molar-refractivity contribution is -0.104. The molecule has 0 bridgehead atoms. The number of nitrogens with two attached hydrogens (primary N) is 1. The molecule has 3 aliphatic rings. The number of piperazine rings is 1. The summed E-state index contributed by atoms with van der Waals surface area (Å²) in [4.78, 5) is 33.5. The van der Waals surface area contributed by atoms with Crippen molar-refractivity contribution in [2.24, 2.45) is 10.7 Å². The number of aromatic nitrogens is 2. The molecule has 10 heteroatoms. The summed E-state index contributed by atoms with van der Waals surface area (Å²) in [6, 6.07) is 1.06. The van der Waals surface area contributed by atoms with Crippen molar-refractivity contribution < 1.29 is 9.59 Å². The van der Waals surface area contributed by atoms with Gasteiger partial charge < -0.3 is 20.9 Å². The molecule has 2 amide bonds. The van der Waals surface area contributed by atoms with Crippen LogP contribution < -0.4 is 11.1 Å². The number of carbonyl (C=O) groups is 2. The van der Waals surface area contributed by atoms with Gasteiger partial charge in [0.1, 0.15) is 0 Å². The van der Waals surface area contributed by atoms with E-state index in [-0.39, 0.29) is 23.8 Å². The molecule has 0 spiro atoms. The van der Waals surface area contributed by atoms with Gasteiger partial charge in [-0.3, -0.25) is 19.8 Å². The van der Waals surface area contributed by atoms with Gasteiger partial charge in [-0.1, -0.05) is 0 Å². The van der Waals surface area contributed by atoms with Crippen LogP contribution in [0, 0.1) is 0 Å². The molecule has 3 atom stereocenters. The molecule has 0 aromatic carbocycles. The molecule has 10 nitrogen and oxygen atoms in total. The van der Waals surface area contributed by atoms with Crippen LogP contribution in [0.15, 0.2) is 16.8 Å². The van der Waals surface area contributed by atoms with E-state index in [1.54, 1.807) is 14.0 Å². The maximum Gasteiger partial charge on any atom is 0.321 e. The predicted molar refractivity (Wildman–Crippen MR) is 126 cm³/mol. The number of aldehydes is 1. The third kappa shape index (κ3) is 4.79. The lowest BCUT2D eigenvalue weighted by Gasteiger charge is -2.44. The second-order valence-electron chi connectivity index (χ2n) is 8.72. The van der Waals surface area contributed by atoms with Crippen LogP contribution >= 0.6 is 0 Å². The Bertz CT molecular complexity index is 892. The van der Waals surface area contributed by atoms with Crippen molar-refractivity contribution in [3.63, 3.8) is 0 Å². The van der Waals surface area contributed by atoms with E-state index in [1.807, 2.05) is 11.9 Å². The summed E-state index contributed by atoms with van der Waals surface area (Å²) in [5, 5.41) is 10.5. The molecule has 4 N–H and O–H groups in total. The Morgan fingerprint density at radius 1 is 1.31 bits per heavy atom. The lowest BCUT2D eigenvalue weighted by atomic mass is 10.1. The number of anilines is 1. The fourth-order valence-corrected chi connectivity index (χ4v) is 4.75. The molecule has 3 unspecified atom stereocenters. The highest BCUT2D eigenvalue weighted by molar-refractivity contribution is 5.96. The van der Waals surface area contributed by atoms with E-state index in [2.05, 4.69) is 44.2 Å². The first-order valence-electron chi connectivity index (χ1n) is 11.2. The number of aliphatic imine (C=N–C) groups is 1. The summed E-state index contributed by atoms with van der Waals surface area (Å²) < 4.78 is 0. The van der Waals surface area contributed by atoms with E-state index >= 15 is 0 Å². The molecule has 0 saturated carbocycles. The Morgan fingerprint density at radius 3 is 2.72 bits per heavy atom. The number of allylic oxidation sites excluding steroid dienone is 2. The first-order chi connectivity index (χ1) is 15.3. The highest BCUT2D eigenvalue weighted by Crippen LogP contribution is 2.37. The van der Waals surface area contributed by atoms with Crippen LogP contribution in [0.3, 0.4) is 0 Å². The average Bonchev–Trinajstić information content (AvgIpc) is 3.49. The van der Waals surface area contributed by atoms with Crippen molar-refractivity contribution in [1.29, 1.82) is 0 Å². The fourth-order valence-electron chi connectivity index (χ4n) is 4.75. The van der Waals surface area contributed by atoms with Crippen LogP contribution in [0.1, 0.15) is 50.9 Å². The third-order valence-electron chi connectivity index (χ3n) is 6.64. The van der Waals surface area contributed by atoms with E-state index in [1.165, 1.54) is 25.5 Å². The minimum absolute atomic E-state index is 0.0564. The number of aromatic amines is 1. The summed E-state index contributed by atoms with van der Waals surface area (Å²) in [6.07, 6.45) is 4.60. The molecule has 1 aromatic heterocycles. The number of fused-ring (bicyclic) bond motifs is 2. The second-order valence-corrected chi connectivity index (χ2v) is 8.72. The van der Waals surface area contributed by atoms with Gasteiger partial charge in [-0.25, -0.2) is 4.79 Å². The summed E-state index contributed by atoms with van der Waals surface area (Å²) in [5.41, 5.74) is 8.31. The van der Waals surface area contributed by atoms with Gasteiger partial charge in [0.25, 0.3) is 0 Å². The van der Waals surface area contributed by atoms with Crippen LogP contribution in [0.5, 0.6) is 0 Å². The van der Waals surface area contributed by atoms with Crippen molar-refractivity contribution in [2.45, 2.75) is 58.3 Å². The van der Waals surface area contributed by atoms with Gasteiger partial charge in [0.15, 0.2) is 12.1 Å². The minimum atomic E-state index is 0.0564. The maximum atomic E-state index is 13.2. The number of hydrogen-bond acceptors (Lipinski definition) is 7. The first kappa shape index (κ1) is 23.8.